The number of para-hydroxylation sites is 1. The Bertz CT molecular complexity index is 1940. The Kier molecular flexibility index (Phi) is 6.70. The predicted octanol–water partition coefficient (Wildman–Crippen LogP) is 4.57. The van der Waals surface area contributed by atoms with Crippen LogP contribution in [-0.4, -0.2) is 29.3 Å². The van der Waals surface area contributed by atoms with Gasteiger partial charge in [-0.25, -0.2) is 23.2 Å². The number of fused-ring (bicyclic) bond motifs is 1. The van der Waals surface area contributed by atoms with E-state index in [2.05, 4.69) is 10.3 Å². The molecule has 41 heavy (non-hydrogen) atoms. The van der Waals surface area contributed by atoms with Crippen LogP contribution in [0.3, 0.4) is 0 Å². The van der Waals surface area contributed by atoms with E-state index in [4.69, 9.17) is 21.4 Å². The lowest BCUT2D eigenvalue weighted by molar-refractivity contribution is -0.142. The third kappa shape index (κ3) is 5.02. The summed E-state index contributed by atoms with van der Waals surface area (Å²) in [7, 11) is -4.29. The molecule has 10 nitrogen and oxygen atoms in total. The van der Waals surface area contributed by atoms with Crippen LogP contribution in [0, 0.1) is 6.92 Å². The van der Waals surface area contributed by atoms with Crippen molar-refractivity contribution in [1.29, 1.82) is 0 Å². The first kappa shape index (κ1) is 26.5. The number of benzene rings is 4. The number of halogens is 1. The molecule has 0 bridgehead atoms. The van der Waals surface area contributed by atoms with Crippen LogP contribution < -0.4 is 20.9 Å². The van der Waals surface area contributed by atoms with E-state index >= 15 is 0 Å². The number of anilines is 2. The van der Waals surface area contributed by atoms with E-state index in [0.717, 1.165) is 10.6 Å². The fourth-order valence-corrected chi connectivity index (χ4v) is 5.97. The zero-order chi connectivity index (χ0) is 28.7. The molecular weight excluding hydrogens is 566 g/mol. The zero-order valence-corrected chi connectivity index (χ0v) is 23.1. The molecule has 1 aliphatic rings. The number of aromatic nitrogens is 2. The fourth-order valence-electron chi connectivity index (χ4n) is 4.52. The van der Waals surface area contributed by atoms with E-state index in [-0.39, 0.29) is 11.2 Å². The van der Waals surface area contributed by atoms with Crippen molar-refractivity contribution in [2.45, 2.75) is 12.3 Å². The molecule has 206 valence electrons. The lowest BCUT2D eigenvalue weighted by atomic mass is 10.1. The van der Waals surface area contributed by atoms with Crippen molar-refractivity contribution in [2.75, 3.05) is 9.73 Å². The van der Waals surface area contributed by atoms with Crippen molar-refractivity contribution >= 4 is 49.9 Å². The van der Waals surface area contributed by atoms with Gasteiger partial charge in [0.2, 0.25) is 0 Å². The van der Waals surface area contributed by atoms with E-state index in [1.807, 2.05) is 6.92 Å². The summed E-state index contributed by atoms with van der Waals surface area (Å²) in [5, 5.41) is 0.437. The minimum absolute atomic E-state index is 0.187. The van der Waals surface area contributed by atoms with Gasteiger partial charge < -0.3 is 4.84 Å². The van der Waals surface area contributed by atoms with Crippen LogP contribution in [-0.2, 0) is 19.7 Å². The van der Waals surface area contributed by atoms with Crippen molar-refractivity contribution in [2.24, 2.45) is 0 Å². The maximum atomic E-state index is 13.6. The number of hydrogen-bond acceptors (Lipinski definition) is 8. The van der Waals surface area contributed by atoms with Gasteiger partial charge in [0.25, 0.3) is 21.0 Å². The maximum Gasteiger partial charge on any atom is 0.368 e. The number of nitrogens with zero attached hydrogens (tertiary/aromatic N) is 3. The quantitative estimate of drug-likeness (QED) is 0.296. The van der Waals surface area contributed by atoms with Crippen molar-refractivity contribution in [1.82, 2.24) is 15.1 Å². The van der Waals surface area contributed by atoms with Crippen molar-refractivity contribution in [3.8, 4) is 17.1 Å². The molecular formula is C29H22ClN5O5S. The monoisotopic (exact) mass is 587 g/mol. The molecule has 1 saturated heterocycles. The van der Waals surface area contributed by atoms with Crippen molar-refractivity contribution < 1.29 is 18.0 Å². The van der Waals surface area contributed by atoms with Gasteiger partial charge in [0.05, 0.1) is 22.3 Å². The van der Waals surface area contributed by atoms with Crippen LogP contribution in [0.5, 0.6) is 0 Å². The van der Waals surface area contributed by atoms with Crippen LogP contribution in [0.1, 0.15) is 5.56 Å². The van der Waals surface area contributed by atoms with Crippen LogP contribution in [0.15, 0.2) is 102 Å². The molecule has 12 heteroatoms. The summed E-state index contributed by atoms with van der Waals surface area (Å²) < 4.78 is 30.5. The molecule has 1 aromatic heterocycles. The van der Waals surface area contributed by atoms with E-state index < -0.39 is 21.4 Å². The average molecular weight is 588 g/mol. The Morgan fingerprint density at radius 1 is 0.878 bits per heavy atom. The van der Waals surface area contributed by atoms with Gasteiger partial charge in [0, 0.05) is 16.3 Å². The van der Waals surface area contributed by atoms with Gasteiger partial charge in [-0.2, -0.15) is 0 Å². The highest BCUT2D eigenvalue weighted by atomic mass is 35.5. The molecule has 6 rings (SSSR count). The second kappa shape index (κ2) is 10.4. The number of carbonyl (C=O) groups is 1. The molecule has 2 heterocycles. The Hall–Kier alpha value is -4.71. The summed E-state index contributed by atoms with van der Waals surface area (Å²) in [5.74, 6) is -0.580. The second-order valence-corrected chi connectivity index (χ2v) is 11.5. The number of aryl methyl sites for hydroxylation is 1. The molecule has 4 aromatic carbocycles. The molecule has 0 aliphatic carbocycles. The van der Waals surface area contributed by atoms with Gasteiger partial charge in [-0.15, -0.1) is 0 Å². The zero-order valence-electron chi connectivity index (χ0n) is 21.5. The van der Waals surface area contributed by atoms with E-state index in [0.29, 0.717) is 38.7 Å². The Morgan fingerprint density at radius 3 is 2.24 bits per heavy atom. The second-order valence-electron chi connectivity index (χ2n) is 9.36. The maximum absolute atomic E-state index is 13.6. The molecule has 1 aliphatic heterocycles. The van der Waals surface area contributed by atoms with E-state index in [9.17, 15) is 18.0 Å². The molecule has 0 spiro atoms. The van der Waals surface area contributed by atoms with Gasteiger partial charge in [-0.05, 0) is 79.7 Å². The third-order valence-corrected chi connectivity index (χ3v) is 8.31. The van der Waals surface area contributed by atoms with Crippen LogP contribution >= 0.6 is 11.6 Å². The Morgan fingerprint density at radius 2 is 1.54 bits per heavy atom. The van der Waals surface area contributed by atoms with Gasteiger partial charge in [-0.3, -0.25) is 14.1 Å². The first-order valence-electron chi connectivity index (χ1n) is 12.4. The lowest BCUT2D eigenvalue weighted by Crippen LogP contribution is -2.46. The standard InChI is InChI=1S/C29H22ClN5O5S/c1-18-6-14-23(15-7-18)35-28(29(37)40-33-35)41(38,39)32-21-12-16-22(17-13-21)34-26(19-8-10-20(30)11-9-19)31-25-5-3-2-4-24(25)27(34)36/h2-17,28,32-33H,1H3. The summed E-state index contributed by atoms with van der Waals surface area (Å²) in [4.78, 5) is 35.6. The normalized spacial score (nSPS) is 15.2. The highest BCUT2D eigenvalue weighted by molar-refractivity contribution is 7.94. The molecule has 1 fully saturated rings. The predicted molar refractivity (Wildman–Crippen MR) is 157 cm³/mol. The largest absolute Gasteiger partial charge is 0.368 e. The SMILES string of the molecule is Cc1ccc(N2NOC(=O)C2S(=O)(=O)Nc2ccc(-n3c(-c4ccc(Cl)cc4)nc4ccccc4c3=O)cc2)cc1. The number of nitrogens with one attached hydrogen (secondary N) is 2. The fraction of sp³-hybridized carbons (Fsp3) is 0.0690. The summed E-state index contributed by atoms with van der Waals surface area (Å²) in [6, 6.07) is 27.1. The minimum atomic E-state index is -4.29. The highest BCUT2D eigenvalue weighted by Gasteiger charge is 2.46. The molecule has 0 radical (unpaired) electrons. The number of sulfonamides is 1. The van der Waals surface area contributed by atoms with Crippen molar-refractivity contribution in [3.63, 3.8) is 0 Å². The van der Waals surface area contributed by atoms with Crippen LogP contribution in [0.2, 0.25) is 5.02 Å². The molecule has 5 aromatic rings. The van der Waals surface area contributed by atoms with Gasteiger partial charge in [0.1, 0.15) is 5.82 Å². The minimum Gasteiger partial charge on any atom is -0.347 e. The molecule has 0 saturated carbocycles. The van der Waals surface area contributed by atoms with Crippen LogP contribution in [0.25, 0.3) is 28.0 Å². The summed E-state index contributed by atoms with van der Waals surface area (Å²) in [6.07, 6.45) is 0. The number of hydrogen-bond donors (Lipinski definition) is 2. The highest BCUT2D eigenvalue weighted by Crippen LogP contribution is 2.27. The van der Waals surface area contributed by atoms with Gasteiger partial charge in [-0.1, -0.05) is 47.0 Å². The van der Waals surface area contributed by atoms with E-state index in [1.165, 1.54) is 16.7 Å². The molecule has 0 amide bonds. The lowest BCUT2D eigenvalue weighted by Gasteiger charge is -2.22. The third-order valence-electron chi connectivity index (χ3n) is 6.55. The smallest absolute Gasteiger partial charge is 0.347 e. The molecule has 2 N–H and O–H groups in total. The first-order chi connectivity index (χ1) is 19.7. The molecule has 1 unspecified atom stereocenters. The number of hydrazine groups is 1. The number of carbonyl (C=O) groups excluding carboxylic acids is 1. The van der Waals surface area contributed by atoms with Crippen LogP contribution in [0.4, 0.5) is 11.4 Å². The van der Waals surface area contributed by atoms with Gasteiger partial charge in [0.15, 0.2) is 0 Å². The summed E-state index contributed by atoms with van der Waals surface area (Å²) in [6.45, 7) is 1.89. The summed E-state index contributed by atoms with van der Waals surface area (Å²) in [5.41, 5.74) is 5.35. The van der Waals surface area contributed by atoms with Crippen molar-refractivity contribution in [3.05, 3.63) is 118 Å². The Balaban J connectivity index is 1.35. The topological polar surface area (TPSA) is 123 Å². The average Bonchev–Trinajstić information content (AvgIpc) is 3.36. The number of rotatable bonds is 6. The molecule has 1 atom stereocenters. The Labute approximate surface area is 239 Å². The summed E-state index contributed by atoms with van der Waals surface area (Å²) >= 11 is 6.08. The van der Waals surface area contributed by atoms with E-state index in [1.54, 1.807) is 84.9 Å². The first-order valence-corrected chi connectivity index (χ1v) is 14.4. The van der Waals surface area contributed by atoms with Gasteiger partial charge >= 0.3 is 5.97 Å².